The average molecular weight is 1600 g/mol. The van der Waals surface area contributed by atoms with Gasteiger partial charge in [-0.05, 0) is 119 Å². The van der Waals surface area contributed by atoms with Gasteiger partial charge in [-0.1, -0.05) is 105 Å². The Kier molecular flexibility index (Phi) is 44.1. The van der Waals surface area contributed by atoms with E-state index in [1.807, 2.05) is 39.6 Å². The van der Waals surface area contributed by atoms with Crippen LogP contribution in [0.4, 0.5) is 10.5 Å². The summed E-state index contributed by atoms with van der Waals surface area (Å²) in [6.07, 6.45) is 9.14. The number of piperidine rings is 1. The minimum absolute atomic E-state index is 0.0000283. The van der Waals surface area contributed by atoms with Gasteiger partial charge in [-0.3, -0.25) is 62.5 Å². The van der Waals surface area contributed by atoms with E-state index in [1.54, 1.807) is 90.1 Å². The van der Waals surface area contributed by atoms with Crippen molar-refractivity contribution in [1.82, 2.24) is 46.8 Å². The molecule has 2 heterocycles. The number of ketones is 1. The molecule has 0 unspecified atom stereocenters. The van der Waals surface area contributed by atoms with Crippen LogP contribution >= 0.6 is 11.3 Å². The van der Waals surface area contributed by atoms with Crippen LogP contribution in [-0.4, -0.2) is 214 Å². The first kappa shape index (κ1) is 96.4. The Morgan fingerprint density at radius 3 is 1.96 bits per heavy atom. The first-order valence-electron chi connectivity index (χ1n) is 39.2. The Morgan fingerprint density at radius 1 is 0.726 bits per heavy atom. The second kappa shape index (κ2) is 51.7. The molecule has 1 saturated heterocycles. The van der Waals surface area contributed by atoms with E-state index in [1.165, 1.54) is 17.4 Å². The monoisotopic (exact) mass is 1600 g/mol. The molecule has 1 aliphatic heterocycles. The SMILES string of the molecule is C#CCCCON(C(=O)[C@@H](NC(=O)[C@H]1CCCCN1C)[C@@H](C)CC)[C@H](C[C@@H](OC(C)=O)c1nc(C(=O)N[C@@H](Cc2ccc(CC(=O)OCc3ccc(NC(=O)[C@H](CCCNC(N)=O)NC(=O)[C@@H](NC(=O)CCOCCOCCOCCOCCNC(=O)CCC(=O)C(C)C)C(C)C)cc3)cc2)CC(C)(C)C(=O)O)cs1)C(C)C. The van der Waals surface area contributed by atoms with Gasteiger partial charge in [0.1, 0.15) is 41.2 Å². The molecule has 10 N–H and O–H groups in total. The van der Waals surface area contributed by atoms with Crippen molar-refractivity contribution in [3.8, 4) is 12.3 Å². The molecule has 113 heavy (non-hydrogen) atoms. The molecule has 628 valence electrons. The number of thiazole rings is 1. The first-order chi connectivity index (χ1) is 53.7. The third kappa shape index (κ3) is 36.8. The summed E-state index contributed by atoms with van der Waals surface area (Å²) in [6.45, 7) is 22.3. The summed E-state index contributed by atoms with van der Waals surface area (Å²) in [5.74, 6) is -3.88. The number of aliphatic carboxylic acids is 1. The quantitative estimate of drug-likeness (QED) is 0.0118. The maximum atomic E-state index is 14.9. The van der Waals surface area contributed by atoms with E-state index in [4.69, 9.17) is 45.4 Å². The highest BCUT2D eigenvalue weighted by Gasteiger charge is 2.41. The highest BCUT2D eigenvalue weighted by molar-refractivity contribution is 7.09. The Bertz CT molecular complexity index is 3550. The highest BCUT2D eigenvalue weighted by Crippen LogP contribution is 2.33. The molecular weight excluding hydrogens is 1480 g/mol. The van der Waals surface area contributed by atoms with Crippen molar-refractivity contribution in [1.29, 1.82) is 0 Å². The number of hydrogen-bond acceptors (Lipinski definition) is 22. The molecule has 9 amide bonds. The number of carboxylic acid groups (broad SMARTS) is 1. The fourth-order valence-corrected chi connectivity index (χ4v) is 12.9. The molecule has 1 aliphatic rings. The number of anilines is 1. The lowest BCUT2D eigenvalue weighted by molar-refractivity contribution is -0.213. The van der Waals surface area contributed by atoms with Gasteiger partial charge in [-0.15, -0.1) is 23.7 Å². The molecule has 0 saturated carbocycles. The molecule has 1 fully saturated rings. The number of rotatable bonds is 55. The number of nitrogens with one attached hydrogen (secondary N) is 7. The van der Waals surface area contributed by atoms with Crippen molar-refractivity contribution < 1.29 is 95.9 Å². The number of aromatic nitrogens is 1. The van der Waals surface area contributed by atoms with Crippen molar-refractivity contribution in [2.75, 3.05) is 91.5 Å². The molecular formula is C81H123N11O20S. The number of carbonyl (C=O) groups excluding carboxylic acids is 11. The van der Waals surface area contributed by atoms with Gasteiger partial charge in [-0.2, -0.15) is 0 Å². The van der Waals surface area contributed by atoms with Crippen LogP contribution in [0.15, 0.2) is 53.9 Å². The first-order valence-corrected chi connectivity index (χ1v) is 40.0. The van der Waals surface area contributed by atoms with Gasteiger partial charge in [0.25, 0.3) is 11.8 Å². The smallest absolute Gasteiger partial charge is 0.312 e. The van der Waals surface area contributed by atoms with E-state index < -0.39 is 101 Å². The van der Waals surface area contributed by atoms with E-state index in [0.717, 1.165) is 30.7 Å². The number of terminal acetylenes is 1. The summed E-state index contributed by atoms with van der Waals surface area (Å²) in [5.41, 5.74) is 6.23. The minimum Gasteiger partial charge on any atom is -0.481 e. The molecule has 4 rings (SSSR count). The number of hydroxylamine groups is 2. The zero-order chi connectivity index (χ0) is 83.6. The van der Waals surface area contributed by atoms with E-state index in [-0.39, 0.29) is 149 Å². The molecule has 0 radical (unpaired) electrons. The summed E-state index contributed by atoms with van der Waals surface area (Å²) in [4.78, 5) is 170. The third-order valence-corrected chi connectivity index (χ3v) is 20.0. The number of urea groups is 1. The number of ether oxygens (including phenoxy) is 6. The zero-order valence-electron chi connectivity index (χ0n) is 68.0. The largest absolute Gasteiger partial charge is 0.481 e. The van der Waals surface area contributed by atoms with Gasteiger partial charge >= 0.3 is 23.9 Å². The van der Waals surface area contributed by atoms with E-state index >= 15 is 0 Å². The topological polar surface area (TPSA) is 419 Å². The third-order valence-electron chi connectivity index (χ3n) is 19.0. The number of primary amides is 1. The van der Waals surface area contributed by atoms with Gasteiger partial charge < -0.3 is 76.5 Å². The van der Waals surface area contributed by atoms with Crippen molar-refractivity contribution in [2.45, 2.75) is 221 Å². The second-order valence-corrected chi connectivity index (χ2v) is 30.8. The number of likely N-dealkylation sites (N-methyl/N-ethyl adjacent to an activating group) is 1. The number of likely N-dealkylation sites (tertiary alicyclic amines) is 1. The Morgan fingerprint density at radius 2 is 1.36 bits per heavy atom. The summed E-state index contributed by atoms with van der Waals surface area (Å²) in [7, 11) is 1.90. The standard InChI is InChI=1S/C81H123N11O20S/c1-14-16-19-37-111-92(78(102)72(55(9)15-2)90-75(100)64-22-17-18-36-91(64)13)65(52(3)4)48-67(112-56(10)93)77-88-63(51-113-77)74(99)86-61(49-81(11,12)79(103)104)46-57-23-25-58(26-24-57)47-70(97)110-50-59-27-29-60(30-28-59)85-73(98)62(21-20-34-84-80(82)105)87-76(101)71(54(7)8)89-69(96)33-38-106-40-42-108-44-45-109-43-41-107-39-35-83-68(95)32-31-66(94)53(5)6/h1,23-30,51-55,61-62,64-65,67,71-72H,15-22,31-50H2,2-13H3,(H,83,95)(H,85,98)(H,86,99)(H,87,101)(H,89,96)(H,90,100)(H,103,104)(H3,82,84,105)/t55-,61-,62-,64+,65+,67+,71-,72-/m0/s1. The van der Waals surface area contributed by atoms with Gasteiger partial charge in [0.2, 0.25) is 29.5 Å². The number of nitrogens with two attached hydrogens (primary N) is 1. The van der Waals surface area contributed by atoms with Gasteiger partial charge in [0, 0.05) is 75.1 Å². The number of carboxylic acids is 1. The van der Waals surface area contributed by atoms with Crippen molar-refractivity contribution in [3.63, 3.8) is 0 Å². The number of esters is 2. The van der Waals surface area contributed by atoms with Crippen LogP contribution < -0.4 is 43.0 Å². The fraction of sp³-hybridized carbons (Fsp3) is 0.642. The lowest BCUT2D eigenvalue weighted by Gasteiger charge is -2.39. The minimum atomic E-state index is -1.29. The van der Waals surface area contributed by atoms with Gasteiger partial charge in [0.15, 0.2) is 6.10 Å². The number of carbonyl (C=O) groups is 12. The number of hydrogen-bond donors (Lipinski definition) is 9. The van der Waals surface area contributed by atoms with Crippen LogP contribution in [0.3, 0.4) is 0 Å². The maximum absolute atomic E-state index is 14.9. The predicted octanol–water partition coefficient (Wildman–Crippen LogP) is 7.07. The zero-order valence-corrected chi connectivity index (χ0v) is 68.8. The Balaban J connectivity index is 1.31. The number of benzene rings is 2. The molecule has 3 aromatic rings. The van der Waals surface area contributed by atoms with Crippen LogP contribution in [0, 0.1) is 41.4 Å². The average Bonchev–Trinajstić information content (AvgIpc) is 1.76. The van der Waals surface area contributed by atoms with Crippen LogP contribution in [0.2, 0.25) is 0 Å². The fourth-order valence-electron chi connectivity index (χ4n) is 12.1. The summed E-state index contributed by atoms with van der Waals surface area (Å²) in [6, 6.07) is 7.77. The number of Topliss-reactive ketones (excluding diaryl/α,β-unsaturated/α-hetero) is 1. The summed E-state index contributed by atoms with van der Waals surface area (Å²) < 4.78 is 33.6. The lowest BCUT2D eigenvalue weighted by atomic mass is 9.83. The Labute approximate surface area is 669 Å². The normalized spacial score (nSPS) is 14.9. The molecule has 8 atom stereocenters. The summed E-state index contributed by atoms with van der Waals surface area (Å²) in [5, 5.41) is 32.8. The maximum Gasteiger partial charge on any atom is 0.312 e. The molecule has 31 nitrogen and oxygen atoms in total. The molecule has 0 aliphatic carbocycles. The van der Waals surface area contributed by atoms with E-state index in [0.29, 0.717) is 87.6 Å². The van der Waals surface area contributed by atoms with Crippen molar-refractivity contribution in [2.24, 2.45) is 34.8 Å². The predicted molar refractivity (Wildman–Crippen MR) is 424 cm³/mol. The second-order valence-electron chi connectivity index (χ2n) is 29.9. The number of amides is 9. The van der Waals surface area contributed by atoms with Crippen LogP contribution in [-0.2, 0) is 101 Å². The molecule has 32 heteroatoms. The van der Waals surface area contributed by atoms with Gasteiger partial charge in [-0.25, -0.2) is 14.8 Å². The number of unbranched alkanes of at least 4 members (excludes halogenated alkanes) is 1. The Hall–Kier alpha value is -8.97. The van der Waals surface area contributed by atoms with E-state index in [2.05, 4.69) is 48.1 Å². The van der Waals surface area contributed by atoms with Crippen LogP contribution in [0.5, 0.6) is 0 Å². The van der Waals surface area contributed by atoms with Gasteiger partial charge in [0.05, 0.1) is 83.4 Å². The lowest BCUT2D eigenvalue weighted by Crippen LogP contribution is -2.58. The van der Waals surface area contributed by atoms with Crippen LogP contribution in [0.1, 0.15) is 198 Å². The van der Waals surface area contributed by atoms with Crippen molar-refractivity contribution in [3.05, 3.63) is 81.3 Å². The molecule has 2 aromatic carbocycles. The molecule has 0 spiro atoms. The number of nitrogens with zero attached hydrogens (tertiary/aromatic N) is 3. The van der Waals surface area contributed by atoms with Crippen LogP contribution in [0.25, 0.3) is 0 Å². The van der Waals surface area contributed by atoms with E-state index in [9.17, 15) is 62.6 Å². The highest BCUT2D eigenvalue weighted by atomic mass is 32.1. The molecule has 1 aromatic heterocycles. The molecule has 0 bridgehead atoms. The summed E-state index contributed by atoms with van der Waals surface area (Å²) >= 11 is 1.07. The van der Waals surface area contributed by atoms with Crippen molar-refractivity contribution >= 4 is 88.1 Å².